The molecule has 0 saturated carbocycles. The summed E-state index contributed by atoms with van der Waals surface area (Å²) in [5.74, 6) is -1.24. The molecule has 0 unspecified atom stereocenters. The van der Waals surface area contributed by atoms with Crippen LogP contribution in [-0.2, 0) is 20.5 Å². The van der Waals surface area contributed by atoms with Crippen molar-refractivity contribution in [1.82, 2.24) is 0 Å². The molecule has 27 heavy (non-hydrogen) atoms. The number of ether oxygens (including phenoxy) is 2. The minimum absolute atomic E-state index is 0.0827. The molecule has 0 aliphatic heterocycles. The molecule has 10 heteroatoms. The highest BCUT2D eigenvalue weighted by atomic mass is 79.9. The number of amides is 1. The molecule has 144 valence electrons. The van der Waals surface area contributed by atoms with Gasteiger partial charge < -0.3 is 14.8 Å². The van der Waals surface area contributed by atoms with Crippen molar-refractivity contribution in [2.45, 2.75) is 6.18 Å². The highest BCUT2D eigenvalue weighted by Crippen LogP contribution is 2.33. The Hall–Kier alpha value is -2.26. The Kier molecular flexibility index (Phi) is 7.09. The molecule has 0 aliphatic rings. The molecule has 0 atom stereocenters. The Morgan fingerprint density at radius 2 is 1.85 bits per heavy atom. The fourth-order valence-corrected chi connectivity index (χ4v) is 2.41. The second-order valence-corrected chi connectivity index (χ2v) is 6.47. The summed E-state index contributed by atoms with van der Waals surface area (Å²) in [5, 5.41) is 2.08. The zero-order valence-electron chi connectivity index (χ0n) is 13.5. The maximum atomic E-state index is 12.7. The molecule has 0 saturated heterocycles. The molecule has 1 amide bonds. The van der Waals surface area contributed by atoms with Gasteiger partial charge >= 0.3 is 12.1 Å². The number of benzene rings is 2. The van der Waals surface area contributed by atoms with Crippen LogP contribution in [0.25, 0.3) is 0 Å². The number of hydrogen-bond donors (Lipinski definition) is 1. The van der Waals surface area contributed by atoms with E-state index >= 15 is 0 Å². The van der Waals surface area contributed by atoms with E-state index in [1.54, 1.807) is 24.3 Å². The predicted molar refractivity (Wildman–Crippen MR) is 95.7 cm³/mol. The highest BCUT2D eigenvalue weighted by Gasteiger charge is 2.31. The molecule has 2 aromatic carbocycles. The van der Waals surface area contributed by atoms with E-state index in [4.69, 9.17) is 21.1 Å². The van der Waals surface area contributed by atoms with Crippen LogP contribution in [0.2, 0.25) is 5.02 Å². The standard InChI is InChI=1S/C17H12BrClF3NO4/c18-11-2-1-3-12(7-11)26-9-16(25)27-8-15(24)23-14-6-10(17(20,21)22)4-5-13(14)19/h1-7H,8-9H2,(H,23,24). The summed E-state index contributed by atoms with van der Waals surface area (Å²) in [6.07, 6.45) is -4.58. The Labute approximate surface area is 165 Å². The molecular weight excluding hydrogens is 455 g/mol. The number of alkyl halides is 3. The van der Waals surface area contributed by atoms with Gasteiger partial charge in [0.15, 0.2) is 13.2 Å². The molecule has 0 radical (unpaired) electrons. The average Bonchev–Trinajstić information content (AvgIpc) is 2.59. The van der Waals surface area contributed by atoms with Gasteiger partial charge in [0.2, 0.25) is 0 Å². The molecule has 0 aliphatic carbocycles. The molecule has 2 aromatic rings. The summed E-state index contributed by atoms with van der Waals surface area (Å²) in [7, 11) is 0. The number of esters is 1. The van der Waals surface area contributed by atoms with Crippen molar-refractivity contribution in [2.75, 3.05) is 18.5 Å². The molecule has 0 heterocycles. The maximum absolute atomic E-state index is 12.7. The lowest BCUT2D eigenvalue weighted by Gasteiger charge is -2.12. The van der Waals surface area contributed by atoms with E-state index in [0.29, 0.717) is 11.8 Å². The van der Waals surface area contributed by atoms with Crippen LogP contribution in [0.5, 0.6) is 5.75 Å². The molecule has 0 fully saturated rings. The van der Waals surface area contributed by atoms with E-state index in [2.05, 4.69) is 21.2 Å². The SMILES string of the molecule is O=C(COC(=O)COc1cccc(Br)c1)Nc1cc(C(F)(F)F)ccc1Cl. The van der Waals surface area contributed by atoms with Crippen LogP contribution in [0.3, 0.4) is 0 Å². The van der Waals surface area contributed by atoms with Gasteiger partial charge in [-0.1, -0.05) is 33.6 Å². The van der Waals surface area contributed by atoms with Gasteiger partial charge in [0.25, 0.3) is 5.91 Å². The third-order valence-corrected chi connectivity index (χ3v) is 3.91. The third kappa shape index (κ3) is 6.76. The maximum Gasteiger partial charge on any atom is 0.416 e. The summed E-state index contributed by atoms with van der Waals surface area (Å²) in [4.78, 5) is 23.4. The molecular formula is C17H12BrClF3NO4. The van der Waals surface area contributed by atoms with E-state index < -0.39 is 36.8 Å². The lowest BCUT2D eigenvalue weighted by Crippen LogP contribution is -2.24. The summed E-state index contributed by atoms with van der Waals surface area (Å²) < 4.78 is 48.8. The van der Waals surface area contributed by atoms with Gasteiger partial charge in [0, 0.05) is 4.47 Å². The molecule has 1 N–H and O–H groups in total. The predicted octanol–water partition coefficient (Wildman–Crippen LogP) is 4.68. The molecule has 5 nitrogen and oxygen atoms in total. The van der Waals surface area contributed by atoms with E-state index in [1.165, 1.54) is 0 Å². The summed E-state index contributed by atoms with van der Waals surface area (Å²) in [6, 6.07) is 9.23. The van der Waals surface area contributed by atoms with Crippen molar-refractivity contribution in [3.8, 4) is 5.75 Å². The van der Waals surface area contributed by atoms with Crippen LogP contribution in [0.4, 0.5) is 18.9 Å². The highest BCUT2D eigenvalue weighted by molar-refractivity contribution is 9.10. The lowest BCUT2D eigenvalue weighted by molar-refractivity contribution is -0.149. The van der Waals surface area contributed by atoms with E-state index in [9.17, 15) is 22.8 Å². The second kappa shape index (κ2) is 9.09. The van der Waals surface area contributed by atoms with Crippen LogP contribution < -0.4 is 10.1 Å². The van der Waals surface area contributed by atoms with Crippen LogP contribution in [0, 0.1) is 0 Å². The number of rotatable bonds is 6. The van der Waals surface area contributed by atoms with Gasteiger partial charge in [-0.05, 0) is 36.4 Å². The Morgan fingerprint density at radius 3 is 2.52 bits per heavy atom. The number of halogens is 5. The van der Waals surface area contributed by atoms with Crippen molar-refractivity contribution in [3.63, 3.8) is 0 Å². The topological polar surface area (TPSA) is 64.6 Å². The average molecular weight is 467 g/mol. The molecule has 2 rings (SSSR count). The Balaban J connectivity index is 1.84. The van der Waals surface area contributed by atoms with Crippen LogP contribution in [-0.4, -0.2) is 25.1 Å². The zero-order chi connectivity index (χ0) is 20.0. The van der Waals surface area contributed by atoms with Gasteiger partial charge in [-0.15, -0.1) is 0 Å². The third-order valence-electron chi connectivity index (χ3n) is 3.08. The van der Waals surface area contributed by atoms with Gasteiger partial charge in [-0.3, -0.25) is 4.79 Å². The zero-order valence-corrected chi connectivity index (χ0v) is 15.8. The van der Waals surface area contributed by atoms with Crippen molar-refractivity contribution in [3.05, 3.63) is 57.5 Å². The minimum Gasteiger partial charge on any atom is -0.482 e. The largest absolute Gasteiger partial charge is 0.482 e. The summed E-state index contributed by atoms with van der Waals surface area (Å²) >= 11 is 9.01. The van der Waals surface area contributed by atoms with Gasteiger partial charge in [-0.2, -0.15) is 13.2 Å². The van der Waals surface area contributed by atoms with E-state index in [-0.39, 0.29) is 10.7 Å². The van der Waals surface area contributed by atoms with Crippen molar-refractivity contribution >= 4 is 45.1 Å². The second-order valence-electron chi connectivity index (χ2n) is 5.15. The van der Waals surface area contributed by atoms with Crippen molar-refractivity contribution in [1.29, 1.82) is 0 Å². The van der Waals surface area contributed by atoms with Gasteiger partial charge in [-0.25, -0.2) is 4.79 Å². The number of anilines is 1. The van der Waals surface area contributed by atoms with Crippen molar-refractivity contribution in [2.24, 2.45) is 0 Å². The van der Waals surface area contributed by atoms with Gasteiger partial charge in [0.05, 0.1) is 16.3 Å². The smallest absolute Gasteiger partial charge is 0.416 e. The first-order valence-corrected chi connectivity index (χ1v) is 8.53. The normalized spacial score (nSPS) is 11.0. The number of nitrogens with one attached hydrogen (secondary N) is 1. The Bertz CT molecular complexity index is 845. The fraction of sp³-hybridized carbons (Fsp3) is 0.176. The number of carbonyl (C=O) groups excluding carboxylic acids is 2. The molecule has 0 bridgehead atoms. The lowest BCUT2D eigenvalue weighted by atomic mass is 10.2. The fourth-order valence-electron chi connectivity index (χ4n) is 1.87. The summed E-state index contributed by atoms with van der Waals surface area (Å²) in [6.45, 7) is -1.14. The minimum atomic E-state index is -4.58. The number of carbonyl (C=O) groups is 2. The van der Waals surface area contributed by atoms with E-state index in [1.807, 2.05) is 0 Å². The van der Waals surface area contributed by atoms with Crippen LogP contribution in [0.15, 0.2) is 46.9 Å². The van der Waals surface area contributed by atoms with Gasteiger partial charge in [0.1, 0.15) is 5.75 Å². The first-order valence-electron chi connectivity index (χ1n) is 7.36. The molecule has 0 aromatic heterocycles. The van der Waals surface area contributed by atoms with Crippen LogP contribution >= 0.6 is 27.5 Å². The van der Waals surface area contributed by atoms with E-state index in [0.717, 1.165) is 16.6 Å². The quantitative estimate of drug-likeness (QED) is 0.628. The summed E-state index contributed by atoms with van der Waals surface area (Å²) in [5.41, 5.74) is -1.21. The van der Waals surface area contributed by atoms with Crippen LogP contribution in [0.1, 0.15) is 5.56 Å². The first kappa shape index (κ1) is 21.0. The Morgan fingerprint density at radius 1 is 1.11 bits per heavy atom. The monoisotopic (exact) mass is 465 g/mol. The number of hydrogen-bond acceptors (Lipinski definition) is 4. The first-order chi connectivity index (χ1) is 12.6. The molecule has 0 spiro atoms. The van der Waals surface area contributed by atoms with Crippen molar-refractivity contribution < 1.29 is 32.2 Å².